The summed E-state index contributed by atoms with van der Waals surface area (Å²) in [5, 5.41) is 4.76. The molecule has 0 amide bonds. The van der Waals surface area contributed by atoms with Crippen LogP contribution in [0.4, 0.5) is 0 Å². The number of nitrogens with one attached hydrogen (secondary N) is 1. The van der Waals surface area contributed by atoms with Gasteiger partial charge in [-0.25, -0.2) is 4.98 Å². The topological polar surface area (TPSA) is 28.2 Å². The van der Waals surface area contributed by atoms with E-state index < -0.39 is 0 Å². The molecule has 1 aliphatic heterocycles. The molecule has 102 valence electrons. The van der Waals surface area contributed by atoms with Crippen molar-refractivity contribution < 1.29 is 0 Å². The van der Waals surface area contributed by atoms with E-state index in [0.717, 1.165) is 19.0 Å². The zero-order valence-electron chi connectivity index (χ0n) is 11.8. The van der Waals surface area contributed by atoms with Crippen molar-refractivity contribution in [1.29, 1.82) is 0 Å². The summed E-state index contributed by atoms with van der Waals surface area (Å²) in [6.07, 6.45) is 2.77. The van der Waals surface area contributed by atoms with Gasteiger partial charge in [-0.05, 0) is 52.2 Å². The van der Waals surface area contributed by atoms with Gasteiger partial charge in [0.1, 0.15) is 5.01 Å². The van der Waals surface area contributed by atoms with E-state index in [-0.39, 0.29) is 0 Å². The van der Waals surface area contributed by atoms with Crippen molar-refractivity contribution in [3.8, 4) is 0 Å². The quantitative estimate of drug-likeness (QED) is 0.858. The van der Waals surface area contributed by atoms with Crippen molar-refractivity contribution in [1.82, 2.24) is 15.2 Å². The highest BCUT2D eigenvalue weighted by Gasteiger charge is 2.14. The number of aryl methyl sites for hydroxylation is 2. The monoisotopic (exact) mass is 267 g/mol. The van der Waals surface area contributed by atoms with Crippen LogP contribution in [-0.4, -0.2) is 36.1 Å². The van der Waals surface area contributed by atoms with Gasteiger partial charge in [0.15, 0.2) is 0 Å². The molecule has 1 atom stereocenters. The lowest BCUT2D eigenvalue weighted by Gasteiger charge is -2.20. The lowest BCUT2D eigenvalue weighted by Crippen LogP contribution is -2.31. The molecule has 1 aliphatic rings. The molecule has 4 heteroatoms. The predicted octanol–water partition coefficient (Wildman–Crippen LogP) is 2.58. The molecule has 0 spiro atoms. The summed E-state index contributed by atoms with van der Waals surface area (Å²) in [5.74, 6) is 0.727. The van der Waals surface area contributed by atoms with Crippen LogP contribution in [0.25, 0.3) is 0 Å². The number of nitrogens with zero attached hydrogens (tertiary/aromatic N) is 2. The van der Waals surface area contributed by atoms with Gasteiger partial charge in [-0.2, -0.15) is 0 Å². The summed E-state index contributed by atoms with van der Waals surface area (Å²) in [4.78, 5) is 8.49. The van der Waals surface area contributed by atoms with Crippen LogP contribution < -0.4 is 5.32 Å². The zero-order valence-corrected chi connectivity index (χ0v) is 12.6. The first-order valence-corrected chi connectivity index (χ1v) is 7.83. The van der Waals surface area contributed by atoms with Crippen LogP contribution in [0.1, 0.15) is 35.3 Å². The third-order valence-corrected chi connectivity index (χ3v) is 4.68. The Balaban J connectivity index is 1.65. The third kappa shape index (κ3) is 4.04. The van der Waals surface area contributed by atoms with E-state index in [9.17, 15) is 0 Å². The molecule has 1 unspecified atom stereocenters. The first-order chi connectivity index (χ1) is 8.65. The lowest BCUT2D eigenvalue weighted by molar-refractivity contribution is 0.282. The minimum Gasteiger partial charge on any atom is -0.310 e. The molecule has 3 nitrogen and oxygen atoms in total. The van der Waals surface area contributed by atoms with Crippen LogP contribution in [0.15, 0.2) is 0 Å². The molecule has 2 heterocycles. The fourth-order valence-corrected chi connectivity index (χ4v) is 3.41. The Labute approximate surface area is 115 Å². The van der Waals surface area contributed by atoms with Gasteiger partial charge in [0.2, 0.25) is 0 Å². The summed E-state index contributed by atoms with van der Waals surface area (Å²) >= 11 is 1.81. The van der Waals surface area contributed by atoms with Crippen LogP contribution in [0, 0.1) is 19.8 Å². The van der Waals surface area contributed by atoms with E-state index in [0.29, 0.717) is 0 Å². The van der Waals surface area contributed by atoms with Crippen molar-refractivity contribution in [3.05, 3.63) is 15.6 Å². The summed E-state index contributed by atoms with van der Waals surface area (Å²) < 4.78 is 0. The zero-order chi connectivity index (χ0) is 13.0. The second kappa shape index (κ2) is 6.64. The molecular weight excluding hydrogens is 242 g/mol. The van der Waals surface area contributed by atoms with Crippen molar-refractivity contribution in [3.63, 3.8) is 0 Å². The van der Waals surface area contributed by atoms with Gasteiger partial charge in [-0.1, -0.05) is 6.92 Å². The van der Waals surface area contributed by atoms with Crippen LogP contribution in [-0.2, 0) is 6.54 Å². The largest absolute Gasteiger partial charge is 0.310 e. The molecule has 1 aromatic heterocycles. The SMILES string of the molecule is Cc1nc(CNCC(C)CN2CCCC2)sc1C. The molecule has 1 N–H and O–H groups in total. The second-order valence-corrected chi connectivity index (χ2v) is 6.78. The van der Waals surface area contributed by atoms with Gasteiger partial charge in [0.05, 0.1) is 5.69 Å². The molecule has 0 radical (unpaired) electrons. The highest BCUT2D eigenvalue weighted by molar-refractivity contribution is 7.11. The Morgan fingerprint density at radius 2 is 2.06 bits per heavy atom. The van der Waals surface area contributed by atoms with Crippen LogP contribution in [0.2, 0.25) is 0 Å². The van der Waals surface area contributed by atoms with Gasteiger partial charge >= 0.3 is 0 Å². The smallest absolute Gasteiger partial charge is 0.107 e. The van der Waals surface area contributed by atoms with Crippen LogP contribution in [0.3, 0.4) is 0 Å². The Morgan fingerprint density at radius 3 is 2.67 bits per heavy atom. The van der Waals surface area contributed by atoms with E-state index in [1.54, 1.807) is 0 Å². The minimum absolute atomic E-state index is 0.727. The second-order valence-electron chi connectivity index (χ2n) is 5.49. The molecule has 1 saturated heterocycles. The molecule has 0 aliphatic carbocycles. The highest BCUT2D eigenvalue weighted by atomic mass is 32.1. The molecule has 1 fully saturated rings. The normalized spacial score (nSPS) is 18.4. The van der Waals surface area contributed by atoms with Gasteiger partial charge in [-0.15, -0.1) is 11.3 Å². The van der Waals surface area contributed by atoms with Crippen LogP contribution in [0.5, 0.6) is 0 Å². The average Bonchev–Trinajstić information content (AvgIpc) is 2.90. The highest BCUT2D eigenvalue weighted by Crippen LogP contribution is 2.16. The Bertz CT molecular complexity index is 350. The molecule has 0 saturated carbocycles. The number of thiazole rings is 1. The van der Waals surface area contributed by atoms with E-state index in [2.05, 4.69) is 36.0 Å². The van der Waals surface area contributed by atoms with E-state index in [4.69, 9.17) is 0 Å². The first-order valence-electron chi connectivity index (χ1n) is 7.01. The molecule has 0 bridgehead atoms. The number of aromatic nitrogens is 1. The number of rotatable bonds is 6. The summed E-state index contributed by atoms with van der Waals surface area (Å²) in [5.41, 5.74) is 1.18. The molecular formula is C14H25N3S. The lowest BCUT2D eigenvalue weighted by atomic mass is 10.1. The van der Waals surface area contributed by atoms with Crippen molar-refractivity contribution >= 4 is 11.3 Å². The first kappa shape index (κ1) is 14.0. The van der Waals surface area contributed by atoms with Gasteiger partial charge in [-0.3, -0.25) is 0 Å². The number of hydrogen-bond acceptors (Lipinski definition) is 4. The maximum atomic E-state index is 4.56. The molecule has 2 rings (SSSR count). The average molecular weight is 267 g/mol. The number of likely N-dealkylation sites (tertiary alicyclic amines) is 1. The van der Waals surface area contributed by atoms with Crippen molar-refractivity contribution in [2.24, 2.45) is 5.92 Å². The van der Waals surface area contributed by atoms with E-state index in [1.807, 2.05) is 11.3 Å². The predicted molar refractivity (Wildman–Crippen MR) is 78.1 cm³/mol. The molecule has 18 heavy (non-hydrogen) atoms. The summed E-state index contributed by atoms with van der Waals surface area (Å²) in [6, 6.07) is 0. The Hall–Kier alpha value is -0.450. The Morgan fingerprint density at radius 1 is 1.33 bits per heavy atom. The third-order valence-electron chi connectivity index (χ3n) is 3.61. The van der Waals surface area contributed by atoms with Crippen LogP contribution >= 0.6 is 11.3 Å². The van der Waals surface area contributed by atoms with E-state index in [1.165, 1.54) is 48.1 Å². The summed E-state index contributed by atoms with van der Waals surface area (Å²) in [7, 11) is 0. The molecule has 0 aromatic carbocycles. The minimum atomic E-state index is 0.727. The van der Waals surface area contributed by atoms with Crippen molar-refractivity contribution in [2.75, 3.05) is 26.2 Å². The van der Waals surface area contributed by atoms with E-state index >= 15 is 0 Å². The summed E-state index contributed by atoms with van der Waals surface area (Å²) in [6.45, 7) is 12.4. The van der Waals surface area contributed by atoms with Gasteiger partial charge < -0.3 is 10.2 Å². The van der Waals surface area contributed by atoms with Gasteiger partial charge in [0.25, 0.3) is 0 Å². The standard InChI is InChI=1S/C14H25N3S/c1-11(10-17-6-4-5-7-17)8-15-9-14-16-12(2)13(3)18-14/h11,15H,4-10H2,1-3H3. The Kier molecular flexibility index (Phi) is 5.15. The molecule has 1 aromatic rings. The maximum absolute atomic E-state index is 4.56. The van der Waals surface area contributed by atoms with Crippen molar-refractivity contribution in [2.45, 2.75) is 40.2 Å². The number of hydrogen-bond donors (Lipinski definition) is 1. The fourth-order valence-electron chi connectivity index (χ4n) is 2.51. The fraction of sp³-hybridized carbons (Fsp3) is 0.786. The maximum Gasteiger partial charge on any atom is 0.107 e. The van der Waals surface area contributed by atoms with Gasteiger partial charge in [0, 0.05) is 18.0 Å².